The van der Waals surface area contributed by atoms with E-state index in [4.69, 9.17) is 9.47 Å². The normalized spacial score (nSPS) is 14.4. The van der Waals surface area contributed by atoms with Gasteiger partial charge in [0.2, 0.25) is 5.88 Å². The minimum atomic E-state index is -3.07. The number of nitriles is 1. The summed E-state index contributed by atoms with van der Waals surface area (Å²) in [5, 5.41) is 15.1. The fraction of sp³-hybridized carbons (Fsp3) is 0.387. The summed E-state index contributed by atoms with van der Waals surface area (Å²) in [4.78, 5) is 44.6. The minimum absolute atomic E-state index is 0.0201. The number of amides is 2. The lowest BCUT2D eigenvalue weighted by atomic mass is 9.95. The number of aromatic nitrogens is 2. The number of hydrogen-bond acceptors (Lipinski definition) is 8. The second kappa shape index (κ2) is 13.5. The lowest BCUT2D eigenvalue weighted by Gasteiger charge is -2.39. The number of aryl methyl sites for hydroxylation is 1. The van der Waals surface area contributed by atoms with E-state index in [0.29, 0.717) is 18.7 Å². The molecule has 2 N–H and O–H groups in total. The summed E-state index contributed by atoms with van der Waals surface area (Å²) in [7, 11) is 3.09. The zero-order valence-corrected chi connectivity index (χ0v) is 25.4. The highest BCUT2D eigenvalue weighted by Gasteiger charge is 2.47. The number of likely N-dealkylation sites (tertiary alicyclic amines) is 1. The molecule has 11 nitrogen and oxygen atoms in total. The first-order valence-corrected chi connectivity index (χ1v) is 14.1. The van der Waals surface area contributed by atoms with Crippen molar-refractivity contribution >= 4 is 17.6 Å². The van der Waals surface area contributed by atoms with Crippen LogP contribution in [0.1, 0.15) is 52.6 Å². The Labute approximate surface area is 257 Å². The van der Waals surface area contributed by atoms with Crippen LogP contribution in [0, 0.1) is 17.1 Å². The van der Waals surface area contributed by atoms with Crippen molar-refractivity contribution in [3.05, 3.63) is 75.0 Å². The topological polar surface area (TPSA) is 139 Å². The Bertz CT molecular complexity index is 1710. The van der Waals surface area contributed by atoms with E-state index >= 15 is 4.39 Å². The maximum atomic E-state index is 15.6. The molecule has 4 rings (SSSR count). The highest BCUT2D eigenvalue weighted by molar-refractivity contribution is 6.05. The van der Waals surface area contributed by atoms with Crippen LogP contribution in [0.3, 0.4) is 0 Å². The van der Waals surface area contributed by atoms with Crippen LogP contribution in [-0.2, 0) is 18.3 Å². The zero-order valence-electron chi connectivity index (χ0n) is 25.4. The molecule has 3 heterocycles. The van der Waals surface area contributed by atoms with Gasteiger partial charge in [-0.05, 0) is 56.2 Å². The largest absolute Gasteiger partial charge is 0.475 e. The first-order chi connectivity index (χ1) is 21.2. The third-order valence-corrected chi connectivity index (χ3v) is 6.92. The Morgan fingerprint density at radius 2 is 1.84 bits per heavy atom. The van der Waals surface area contributed by atoms with E-state index in [0.717, 1.165) is 17.0 Å². The van der Waals surface area contributed by atoms with Crippen molar-refractivity contribution in [2.24, 2.45) is 7.05 Å². The maximum absolute atomic E-state index is 15.6. The second-order valence-electron chi connectivity index (χ2n) is 11.1. The number of anilines is 1. The number of rotatable bonds is 11. The first kappa shape index (κ1) is 33.2. The Balaban J connectivity index is 1.73. The summed E-state index contributed by atoms with van der Waals surface area (Å²) >= 11 is 0. The van der Waals surface area contributed by atoms with Crippen LogP contribution < -0.4 is 20.9 Å². The Hall–Kier alpha value is -4.74. The average Bonchev–Trinajstić information content (AvgIpc) is 2.95. The number of hydrogen-bond donors (Lipinski definition) is 2. The van der Waals surface area contributed by atoms with Crippen molar-refractivity contribution in [1.82, 2.24) is 19.8 Å². The third-order valence-electron chi connectivity index (χ3n) is 6.92. The molecule has 0 aliphatic carbocycles. The SMILES string of the molecule is CO[C@@H](C)CNCc1cc(C(=O)Nc2cc(-c3c(F)cc(C#N)cc3C(=O)N3CC(F)(F)C3)cc(OC(C)C)n2)c(=O)n(C)c1. The summed E-state index contributed by atoms with van der Waals surface area (Å²) < 4.78 is 54.9. The van der Waals surface area contributed by atoms with E-state index in [9.17, 15) is 28.4 Å². The fourth-order valence-electron chi connectivity index (χ4n) is 4.70. The van der Waals surface area contributed by atoms with Gasteiger partial charge in [0.15, 0.2) is 0 Å². The van der Waals surface area contributed by atoms with Gasteiger partial charge in [0, 0.05) is 45.1 Å². The zero-order chi connectivity index (χ0) is 33.1. The molecule has 0 unspecified atom stereocenters. The number of carbonyl (C=O) groups is 2. The van der Waals surface area contributed by atoms with Gasteiger partial charge in [0.05, 0.1) is 42.5 Å². The average molecular weight is 627 g/mol. The number of methoxy groups -OCH3 is 1. The first-order valence-electron chi connectivity index (χ1n) is 14.1. The van der Waals surface area contributed by atoms with Gasteiger partial charge in [0.25, 0.3) is 23.3 Å². The van der Waals surface area contributed by atoms with E-state index < -0.39 is 48.3 Å². The van der Waals surface area contributed by atoms with Crippen LogP contribution in [0.5, 0.6) is 5.88 Å². The number of alkyl halides is 2. The smallest absolute Gasteiger partial charge is 0.282 e. The molecule has 238 valence electrons. The third kappa shape index (κ3) is 7.86. The molecule has 45 heavy (non-hydrogen) atoms. The van der Waals surface area contributed by atoms with Crippen molar-refractivity contribution in [3.63, 3.8) is 0 Å². The molecule has 0 spiro atoms. The summed E-state index contributed by atoms with van der Waals surface area (Å²) in [6.07, 6.45) is 1.14. The number of ether oxygens (including phenoxy) is 2. The molecule has 1 aromatic carbocycles. The Kier molecular flexibility index (Phi) is 9.94. The van der Waals surface area contributed by atoms with Gasteiger partial charge in [0.1, 0.15) is 17.2 Å². The van der Waals surface area contributed by atoms with E-state index in [2.05, 4.69) is 15.6 Å². The number of carbonyl (C=O) groups excluding carboxylic acids is 2. The van der Waals surface area contributed by atoms with Crippen molar-refractivity contribution in [2.45, 2.75) is 45.4 Å². The maximum Gasteiger partial charge on any atom is 0.282 e. The molecule has 1 saturated heterocycles. The number of nitrogens with zero attached hydrogens (tertiary/aromatic N) is 4. The van der Waals surface area contributed by atoms with Crippen molar-refractivity contribution in [1.29, 1.82) is 5.26 Å². The second-order valence-corrected chi connectivity index (χ2v) is 11.1. The number of benzene rings is 1. The van der Waals surface area contributed by atoms with Gasteiger partial charge >= 0.3 is 0 Å². The predicted octanol–water partition coefficient (Wildman–Crippen LogP) is 3.71. The predicted molar refractivity (Wildman–Crippen MR) is 159 cm³/mol. The van der Waals surface area contributed by atoms with Crippen LogP contribution in [0.4, 0.5) is 19.0 Å². The number of pyridine rings is 2. The Morgan fingerprint density at radius 1 is 1.13 bits per heavy atom. The highest BCUT2D eigenvalue weighted by atomic mass is 19.3. The van der Waals surface area contributed by atoms with Crippen LogP contribution in [0.15, 0.2) is 41.3 Å². The molecular formula is C31H33F3N6O5. The minimum Gasteiger partial charge on any atom is -0.475 e. The summed E-state index contributed by atoms with van der Waals surface area (Å²) in [5.41, 5.74) is -0.895. The van der Waals surface area contributed by atoms with Crippen LogP contribution >= 0.6 is 0 Å². The van der Waals surface area contributed by atoms with E-state index in [1.165, 1.54) is 29.8 Å². The molecule has 14 heteroatoms. The van der Waals surface area contributed by atoms with Crippen LogP contribution in [0.25, 0.3) is 11.1 Å². The van der Waals surface area contributed by atoms with Gasteiger partial charge in [-0.15, -0.1) is 0 Å². The molecule has 2 amide bonds. The molecule has 1 fully saturated rings. The number of halogens is 3. The molecule has 0 saturated carbocycles. The van der Waals surface area contributed by atoms with Crippen LogP contribution in [-0.4, -0.2) is 71.1 Å². The van der Waals surface area contributed by atoms with Crippen molar-refractivity contribution in [3.8, 4) is 23.1 Å². The van der Waals surface area contributed by atoms with E-state index in [1.807, 2.05) is 6.92 Å². The van der Waals surface area contributed by atoms with Crippen LogP contribution in [0.2, 0.25) is 0 Å². The van der Waals surface area contributed by atoms with E-state index in [1.54, 1.807) is 33.2 Å². The fourth-order valence-corrected chi connectivity index (χ4v) is 4.70. The van der Waals surface area contributed by atoms with E-state index in [-0.39, 0.29) is 45.6 Å². The summed E-state index contributed by atoms with van der Waals surface area (Å²) in [6.45, 7) is 4.49. The quantitative estimate of drug-likeness (QED) is 0.329. The summed E-state index contributed by atoms with van der Waals surface area (Å²) in [6, 6.07) is 7.83. The monoisotopic (exact) mass is 626 g/mol. The summed E-state index contributed by atoms with van der Waals surface area (Å²) in [5.74, 6) is -5.92. The van der Waals surface area contributed by atoms with Crippen molar-refractivity contribution < 1.29 is 32.2 Å². The van der Waals surface area contributed by atoms with Gasteiger partial charge in [-0.1, -0.05) is 0 Å². The lowest BCUT2D eigenvalue weighted by Crippen LogP contribution is -2.58. The van der Waals surface area contributed by atoms with Gasteiger partial charge in [-0.2, -0.15) is 10.2 Å². The Morgan fingerprint density at radius 3 is 2.47 bits per heavy atom. The lowest BCUT2D eigenvalue weighted by molar-refractivity contribution is -0.113. The molecule has 1 aliphatic rings. The van der Waals surface area contributed by atoms with Gasteiger partial charge < -0.3 is 29.6 Å². The number of nitrogens with one attached hydrogen (secondary N) is 2. The highest BCUT2D eigenvalue weighted by Crippen LogP contribution is 2.35. The molecular weight excluding hydrogens is 593 g/mol. The molecule has 1 aliphatic heterocycles. The molecule has 0 bridgehead atoms. The standard InChI is InChI=1S/C31H33F3N6O5/c1-17(2)45-26-10-21(27-22(6-19(11-35)8-24(27)32)30(43)40-15-31(33,34)16-40)9-25(37-26)38-28(41)23-7-20(14-39(4)29(23)42)13-36-12-18(3)44-5/h6-10,14,17-18,36H,12-13,15-16H2,1-5H3,(H,37,38,41)/t18-/m0/s1. The van der Waals surface area contributed by atoms with Crippen molar-refractivity contribution in [2.75, 3.05) is 32.1 Å². The van der Waals surface area contributed by atoms with Gasteiger partial charge in [-0.25, -0.2) is 13.2 Å². The molecule has 1 atom stereocenters. The van der Waals surface area contributed by atoms with Gasteiger partial charge in [-0.3, -0.25) is 14.4 Å². The molecule has 0 radical (unpaired) electrons. The molecule has 2 aromatic heterocycles. The molecule has 3 aromatic rings.